The van der Waals surface area contributed by atoms with Crippen LogP contribution in [0.1, 0.15) is 48.0 Å². The number of anilines is 1. The summed E-state index contributed by atoms with van der Waals surface area (Å²) in [6, 6.07) is 13.3. The Labute approximate surface area is 198 Å². The maximum Gasteiger partial charge on any atom is 0.340 e. The maximum atomic E-state index is 12.5. The van der Waals surface area contributed by atoms with Crippen LogP contribution in [0, 0.1) is 0 Å². The number of esters is 1. The van der Waals surface area contributed by atoms with E-state index in [2.05, 4.69) is 16.0 Å². The summed E-state index contributed by atoms with van der Waals surface area (Å²) >= 11 is 0. The number of para-hydroxylation sites is 1. The summed E-state index contributed by atoms with van der Waals surface area (Å²) in [5.74, 6) is -1.04. The number of methoxy groups -OCH3 is 1. The zero-order valence-corrected chi connectivity index (χ0v) is 19.1. The fourth-order valence-corrected chi connectivity index (χ4v) is 3.70. The second kappa shape index (κ2) is 12.4. The van der Waals surface area contributed by atoms with E-state index in [1.54, 1.807) is 25.3 Å². The Kier molecular flexibility index (Phi) is 9.02. The maximum absolute atomic E-state index is 12.5. The van der Waals surface area contributed by atoms with Crippen LogP contribution in [0.4, 0.5) is 10.5 Å². The average Bonchev–Trinajstić information content (AvgIpc) is 3.34. The summed E-state index contributed by atoms with van der Waals surface area (Å²) in [7, 11) is 1.59. The molecule has 4 amide bonds. The van der Waals surface area contributed by atoms with Crippen LogP contribution in [0.25, 0.3) is 0 Å². The molecule has 1 aliphatic carbocycles. The lowest BCUT2D eigenvalue weighted by atomic mass is 10.1. The highest BCUT2D eigenvalue weighted by Crippen LogP contribution is 2.18. The van der Waals surface area contributed by atoms with E-state index in [0.717, 1.165) is 37.0 Å². The van der Waals surface area contributed by atoms with Gasteiger partial charge in [-0.1, -0.05) is 37.1 Å². The molecule has 3 rings (SSSR count). The number of carbonyl (C=O) groups is 4. The molecular weight excluding hydrogens is 438 g/mol. The molecule has 9 heteroatoms. The van der Waals surface area contributed by atoms with Crippen LogP contribution in [-0.2, 0) is 20.7 Å². The fraction of sp³-hybridized carbons (Fsp3) is 0.360. The third kappa shape index (κ3) is 7.61. The van der Waals surface area contributed by atoms with Gasteiger partial charge in [0.2, 0.25) is 5.91 Å². The predicted octanol–water partition coefficient (Wildman–Crippen LogP) is 3.19. The number of aryl methyl sites for hydroxylation is 1. The summed E-state index contributed by atoms with van der Waals surface area (Å²) in [6.45, 7) is -0.614. The molecule has 0 heterocycles. The molecule has 0 aromatic heterocycles. The highest BCUT2D eigenvalue weighted by atomic mass is 16.5. The van der Waals surface area contributed by atoms with E-state index >= 15 is 0 Å². The van der Waals surface area contributed by atoms with Crippen molar-refractivity contribution in [2.24, 2.45) is 0 Å². The Morgan fingerprint density at radius 1 is 0.941 bits per heavy atom. The molecule has 34 heavy (non-hydrogen) atoms. The van der Waals surface area contributed by atoms with Gasteiger partial charge in [0.05, 0.1) is 18.4 Å². The normalized spacial score (nSPS) is 13.1. The summed E-state index contributed by atoms with van der Waals surface area (Å²) in [5, 5.41) is 7.60. The van der Waals surface area contributed by atoms with Gasteiger partial charge in [-0.3, -0.25) is 14.9 Å². The summed E-state index contributed by atoms with van der Waals surface area (Å²) in [5.41, 5.74) is 1.38. The summed E-state index contributed by atoms with van der Waals surface area (Å²) in [4.78, 5) is 48.7. The lowest BCUT2D eigenvalue weighted by Crippen LogP contribution is -2.45. The Bertz CT molecular complexity index is 1020. The van der Waals surface area contributed by atoms with Gasteiger partial charge in [0.1, 0.15) is 5.75 Å². The second-order valence-electron chi connectivity index (χ2n) is 8.02. The topological polar surface area (TPSA) is 123 Å². The van der Waals surface area contributed by atoms with Gasteiger partial charge in [0, 0.05) is 12.5 Å². The standard InChI is InChI=1S/C25H29N3O6/c1-33-19-13-10-17(11-14-19)12-15-22(29)27-21-9-5-4-8-20(21)24(31)34-16-23(30)28-25(32)26-18-6-2-3-7-18/h4-5,8-11,13-14,18H,2-3,6-7,12,15-16H2,1H3,(H,27,29)(H2,26,28,30,32). The highest BCUT2D eigenvalue weighted by molar-refractivity contribution is 6.02. The number of amides is 4. The molecule has 0 atom stereocenters. The minimum absolute atomic E-state index is 0.0653. The third-order valence-electron chi connectivity index (χ3n) is 5.50. The van der Waals surface area contributed by atoms with Crippen molar-refractivity contribution < 1.29 is 28.7 Å². The van der Waals surface area contributed by atoms with Crippen LogP contribution < -0.4 is 20.7 Å². The van der Waals surface area contributed by atoms with E-state index in [4.69, 9.17) is 9.47 Å². The molecule has 0 aliphatic heterocycles. The van der Waals surface area contributed by atoms with E-state index in [9.17, 15) is 19.2 Å². The molecule has 3 N–H and O–H groups in total. The number of hydrogen-bond donors (Lipinski definition) is 3. The zero-order chi connectivity index (χ0) is 24.3. The Morgan fingerprint density at radius 3 is 2.35 bits per heavy atom. The van der Waals surface area contributed by atoms with Gasteiger partial charge in [0.25, 0.3) is 5.91 Å². The molecule has 0 unspecified atom stereocenters. The minimum atomic E-state index is -0.780. The van der Waals surface area contributed by atoms with Crippen LogP contribution >= 0.6 is 0 Å². The SMILES string of the molecule is COc1ccc(CCC(=O)Nc2ccccc2C(=O)OCC(=O)NC(=O)NC2CCCC2)cc1. The van der Waals surface area contributed by atoms with Crippen LogP contribution in [0.15, 0.2) is 48.5 Å². The number of urea groups is 1. The molecule has 9 nitrogen and oxygen atoms in total. The largest absolute Gasteiger partial charge is 0.497 e. The first kappa shape index (κ1) is 24.8. The van der Waals surface area contributed by atoms with Gasteiger partial charge in [-0.05, 0) is 49.1 Å². The van der Waals surface area contributed by atoms with Gasteiger partial charge in [-0.15, -0.1) is 0 Å². The molecule has 1 saturated carbocycles. The lowest BCUT2D eigenvalue weighted by Gasteiger charge is -2.13. The van der Waals surface area contributed by atoms with Gasteiger partial charge in [-0.25, -0.2) is 9.59 Å². The average molecular weight is 468 g/mol. The van der Waals surface area contributed by atoms with Crippen LogP contribution in [0.3, 0.4) is 0 Å². The summed E-state index contributed by atoms with van der Waals surface area (Å²) in [6.07, 6.45) is 4.61. The van der Waals surface area contributed by atoms with Gasteiger partial charge in [-0.2, -0.15) is 0 Å². The van der Waals surface area contributed by atoms with Crippen LogP contribution in [-0.4, -0.2) is 43.6 Å². The minimum Gasteiger partial charge on any atom is -0.497 e. The van der Waals surface area contributed by atoms with Crippen molar-refractivity contribution in [1.82, 2.24) is 10.6 Å². The predicted molar refractivity (Wildman–Crippen MR) is 126 cm³/mol. The van der Waals surface area contributed by atoms with Crippen molar-refractivity contribution in [3.05, 3.63) is 59.7 Å². The van der Waals surface area contributed by atoms with Gasteiger partial charge in [0.15, 0.2) is 6.61 Å². The van der Waals surface area contributed by atoms with E-state index in [1.807, 2.05) is 24.3 Å². The number of hydrogen-bond acceptors (Lipinski definition) is 6. The first-order valence-corrected chi connectivity index (χ1v) is 11.2. The number of imide groups is 1. The van der Waals surface area contributed by atoms with E-state index < -0.39 is 24.5 Å². The number of carbonyl (C=O) groups excluding carboxylic acids is 4. The van der Waals surface area contributed by atoms with Crippen molar-refractivity contribution in [3.8, 4) is 5.75 Å². The zero-order valence-electron chi connectivity index (χ0n) is 19.1. The van der Waals surface area contributed by atoms with Crippen molar-refractivity contribution in [2.45, 2.75) is 44.6 Å². The van der Waals surface area contributed by atoms with E-state index in [0.29, 0.717) is 6.42 Å². The smallest absolute Gasteiger partial charge is 0.340 e. The molecule has 0 bridgehead atoms. The molecule has 0 radical (unpaired) electrons. The molecule has 1 fully saturated rings. The molecule has 1 aliphatic rings. The van der Waals surface area contributed by atoms with Crippen molar-refractivity contribution in [2.75, 3.05) is 19.0 Å². The Balaban J connectivity index is 1.47. The number of nitrogens with one attached hydrogen (secondary N) is 3. The highest BCUT2D eigenvalue weighted by Gasteiger charge is 2.20. The molecule has 2 aromatic carbocycles. The number of ether oxygens (including phenoxy) is 2. The first-order valence-electron chi connectivity index (χ1n) is 11.2. The van der Waals surface area contributed by atoms with E-state index in [1.165, 1.54) is 6.07 Å². The van der Waals surface area contributed by atoms with E-state index in [-0.39, 0.29) is 29.6 Å². The van der Waals surface area contributed by atoms with Crippen LogP contribution in [0.5, 0.6) is 5.75 Å². The summed E-state index contributed by atoms with van der Waals surface area (Å²) < 4.78 is 10.2. The van der Waals surface area contributed by atoms with Crippen LogP contribution in [0.2, 0.25) is 0 Å². The van der Waals surface area contributed by atoms with Crippen molar-refractivity contribution in [3.63, 3.8) is 0 Å². The van der Waals surface area contributed by atoms with Gasteiger partial charge < -0.3 is 20.1 Å². The van der Waals surface area contributed by atoms with Crippen molar-refractivity contribution >= 4 is 29.5 Å². The molecule has 0 spiro atoms. The quantitative estimate of drug-likeness (QED) is 0.487. The lowest BCUT2D eigenvalue weighted by molar-refractivity contribution is -0.123. The fourth-order valence-electron chi connectivity index (χ4n) is 3.70. The molecule has 180 valence electrons. The van der Waals surface area contributed by atoms with Crippen molar-refractivity contribution in [1.29, 1.82) is 0 Å². The number of benzene rings is 2. The Morgan fingerprint density at radius 2 is 1.65 bits per heavy atom. The Hall–Kier alpha value is -3.88. The molecule has 2 aromatic rings. The first-order chi connectivity index (χ1) is 16.4. The monoisotopic (exact) mass is 467 g/mol. The number of rotatable bonds is 9. The molecule has 0 saturated heterocycles. The van der Waals surface area contributed by atoms with Gasteiger partial charge >= 0.3 is 12.0 Å². The third-order valence-corrected chi connectivity index (χ3v) is 5.50. The molecular formula is C25H29N3O6. The second-order valence-corrected chi connectivity index (χ2v) is 8.02.